The number of benzene rings is 1. The quantitative estimate of drug-likeness (QED) is 0.676. The van der Waals surface area contributed by atoms with Crippen molar-refractivity contribution in [3.05, 3.63) is 24.3 Å². The predicted molar refractivity (Wildman–Crippen MR) is 59.0 cm³/mol. The van der Waals surface area contributed by atoms with Crippen molar-refractivity contribution < 1.29 is 4.74 Å². The Kier molecular flexibility index (Phi) is 2.36. The molecular weight excluding hydrogens is 174 g/mol. The van der Waals surface area contributed by atoms with Crippen molar-refractivity contribution in [1.29, 1.82) is 0 Å². The van der Waals surface area contributed by atoms with Crippen LogP contribution in [0.5, 0.6) is 5.75 Å². The number of hydrogen-bond acceptors (Lipinski definition) is 2. The second kappa shape index (κ2) is 3.52. The Balaban J connectivity index is 2.38. The van der Waals surface area contributed by atoms with Gasteiger partial charge in [-0.25, -0.2) is 0 Å². The fourth-order valence-electron chi connectivity index (χ4n) is 1.91. The lowest BCUT2D eigenvalue weighted by Gasteiger charge is -2.37. The molecule has 0 fully saturated rings. The van der Waals surface area contributed by atoms with Gasteiger partial charge in [-0.3, -0.25) is 0 Å². The molecule has 0 bridgehead atoms. The van der Waals surface area contributed by atoms with Crippen LogP contribution in [-0.4, -0.2) is 18.7 Å². The Bertz CT molecular complexity index is 322. The molecule has 0 N–H and O–H groups in total. The zero-order valence-electron chi connectivity index (χ0n) is 9.03. The molecule has 1 atom stereocenters. The number of anilines is 1. The molecule has 0 radical (unpaired) electrons. The van der Waals surface area contributed by atoms with E-state index in [9.17, 15) is 0 Å². The Hall–Kier alpha value is -1.18. The Morgan fingerprint density at radius 3 is 2.79 bits per heavy atom. The van der Waals surface area contributed by atoms with Gasteiger partial charge in [0.2, 0.25) is 0 Å². The first kappa shape index (κ1) is 9.38. The normalized spacial score (nSPS) is 20.6. The molecule has 2 heteroatoms. The standard InChI is InChI=1S/C12H17NO/c1-9(2)13-8-10(3)14-12-7-5-4-6-11(12)13/h4-7,9-10H,8H2,1-3H3. The molecule has 2 nitrogen and oxygen atoms in total. The van der Waals surface area contributed by atoms with Crippen LogP contribution in [0.15, 0.2) is 24.3 Å². The van der Waals surface area contributed by atoms with E-state index in [1.165, 1.54) is 5.69 Å². The average Bonchev–Trinajstić information content (AvgIpc) is 2.16. The summed E-state index contributed by atoms with van der Waals surface area (Å²) in [6.45, 7) is 7.53. The highest BCUT2D eigenvalue weighted by Gasteiger charge is 2.23. The molecule has 0 spiro atoms. The zero-order valence-corrected chi connectivity index (χ0v) is 9.03. The van der Waals surface area contributed by atoms with Crippen molar-refractivity contribution in [2.45, 2.75) is 32.9 Å². The van der Waals surface area contributed by atoms with Gasteiger partial charge in [0.1, 0.15) is 11.9 Å². The van der Waals surface area contributed by atoms with Crippen molar-refractivity contribution in [1.82, 2.24) is 0 Å². The van der Waals surface area contributed by atoms with E-state index < -0.39 is 0 Å². The average molecular weight is 191 g/mol. The summed E-state index contributed by atoms with van der Waals surface area (Å²) in [6.07, 6.45) is 0.285. The van der Waals surface area contributed by atoms with Crippen LogP contribution in [0.3, 0.4) is 0 Å². The van der Waals surface area contributed by atoms with Crippen molar-refractivity contribution in [2.75, 3.05) is 11.4 Å². The summed E-state index contributed by atoms with van der Waals surface area (Å²) >= 11 is 0. The summed E-state index contributed by atoms with van der Waals surface area (Å²) in [6, 6.07) is 8.78. The van der Waals surface area contributed by atoms with Gasteiger partial charge in [-0.1, -0.05) is 12.1 Å². The number of para-hydroxylation sites is 2. The monoisotopic (exact) mass is 191 g/mol. The van der Waals surface area contributed by atoms with E-state index in [4.69, 9.17) is 4.74 Å². The molecule has 1 unspecified atom stereocenters. The Labute approximate surface area is 85.5 Å². The molecule has 0 aromatic heterocycles. The number of ether oxygens (including phenoxy) is 1. The number of rotatable bonds is 1. The van der Waals surface area contributed by atoms with E-state index in [0.29, 0.717) is 6.04 Å². The molecule has 1 aromatic rings. The SMILES string of the molecule is CC1CN(C(C)C)c2ccccc2O1. The molecule has 0 saturated heterocycles. The van der Waals surface area contributed by atoms with Crippen LogP contribution in [0, 0.1) is 0 Å². The van der Waals surface area contributed by atoms with Crippen LogP contribution < -0.4 is 9.64 Å². The third kappa shape index (κ3) is 1.57. The van der Waals surface area contributed by atoms with E-state index >= 15 is 0 Å². The highest BCUT2D eigenvalue weighted by atomic mass is 16.5. The molecule has 14 heavy (non-hydrogen) atoms. The topological polar surface area (TPSA) is 12.5 Å². The van der Waals surface area contributed by atoms with Gasteiger partial charge in [0.15, 0.2) is 0 Å². The van der Waals surface area contributed by atoms with E-state index in [1.54, 1.807) is 0 Å². The predicted octanol–water partition coefficient (Wildman–Crippen LogP) is 2.68. The molecular formula is C12H17NO. The maximum Gasteiger partial charge on any atom is 0.143 e. The van der Waals surface area contributed by atoms with Gasteiger partial charge in [0, 0.05) is 6.04 Å². The third-order valence-electron chi connectivity index (χ3n) is 2.58. The maximum absolute atomic E-state index is 5.77. The minimum absolute atomic E-state index is 0.285. The molecule has 1 aliphatic heterocycles. The largest absolute Gasteiger partial charge is 0.487 e. The number of nitrogens with zero attached hydrogens (tertiary/aromatic N) is 1. The molecule has 2 rings (SSSR count). The summed E-state index contributed by atoms with van der Waals surface area (Å²) < 4.78 is 5.77. The first-order valence-electron chi connectivity index (χ1n) is 5.21. The lowest BCUT2D eigenvalue weighted by atomic mass is 10.1. The molecule has 1 aliphatic rings. The van der Waals surface area contributed by atoms with Gasteiger partial charge in [-0.15, -0.1) is 0 Å². The summed E-state index contributed by atoms with van der Waals surface area (Å²) in [7, 11) is 0. The molecule has 0 aliphatic carbocycles. The maximum atomic E-state index is 5.77. The van der Waals surface area contributed by atoms with E-state index in [-0.39, 0.29) is 6.10 Å². The summed E-state index contributed by atoms with van der Waals surface area (Å²) in [4.78, 5) is 2.39. The molecule has 1 heterocycles. The third-order valence-corrected chi connectivity index (χ3v) is 2.58. The van der Waals surface area contributed by atoms with E-state index in [1.807, 2.05) is 12.1 Å². The van der Waals surface area contributed by atoms with Crippen LogP contribution >= 0.6 is 0 Å². The zero-order chi connectivity index (χ0) is 10.1. The minimum Gasteiger partial charge on any atom is -0.487 e. The Morgan fingerprint density at radius 1 is 1.36 bits per heavy atom. The van der Waals surface area contributed by atoms with E-state index in [2.05, 4.69) is 37.8 Å². The highest BCUT2D eigenvalue weighted by molar-refractivity contribution is 5.60. The first-order valence-corrected chi connectivity index (χ1v) is 5.21. The number of hydrogen-bond donors (Lipinski definition) is 0. The van der Waals surface area contributed by atoms with Gasteiger partial charge < -0.3 is 9.64 Å². The van der Waals surface area contributed by atoms with Crippen molar-refractivity contribution >= 4 is 5.69 Å². The summed E-state index contributed by atoms with van der Waals surface area (Å²) in [5.74, 6) is 1.01. The fourth-order valence-corrected chi connectivity index (χ4v) is 1.91. The van der Waals surface area contributed by atoms with Crippen LogP contribution in [0.25, 0.3) is 0 Å². The highest BCUT2D eigenvalue weighted by Crippen LogP contribution is 2.33. The first-order chi connectivity index (χ1) is 6.68. The van der Waals surface area contributed by atoms with Crippen LogP contribution in [0.2, 0.25) is 0 Å². The second-order valence-electron chi connectivity index (χ2n) is 4.14. The van der Waals surface area contributed by atoms with Crippen molar-refractivity contribution in [3.8, 4) is 5.75 Å². The van der Waals surface area contributed by atoms with Crippen molar-refractivity contribution in [3.63, 3.8) is 0 Å². The molecule has 0 amide bonds. The van der Waals surface area contributed by atoms with Gasteiger partial charge in [-0.05, 0) is 32.9 Å². The van der Waals surface area contributed by atoms with Crippen LogP contribution in [0.4, 0.5) is 5.69 Å². The van der Waals surface area contributed by atoms with Crippen LogP contribution in [0.1, 0.15) is 20.8 Å². The molecule has 76 valence electrons. The van der Waals surface area contributed by atoms with Gasteiger partial charge in [0.25, 0.3) is 0 Å². The number of fused-ring (bicyclic) bond motifs is 1. The lowest BCUT2D eigenvalue weighted by molar-refractivity contribution is 0.209. The van der Waals surface area contributed by atoms with Gasteiger partial charge in [-0.2, -0.15) is 0 Å². The van der Waals surface area contributed by atoms with E-state index in [0.717, 1.165) is 12.3 Å². The van der Waals surface area contributed by atoms with Crippen LogP contribution in [-0.2, 0) is 0 Å². The van der Waals surface area contributed by atoms with Gasteiger partial charge >= 0.3 is 0 Å². The lowest BCUT2D eigenvalue weighted by Crippen LogP contribution is -2.42. The molecule has 0 saturated carbocycles. The van der Waals surface area contributed by atoms with Gasteiger partial charge in [0.05, 0.1) is 12.2 Å². The fraction of sp³-hybridized carbons (Fsp3) is 0.500. The summed E-state index contributed by atoms with van der Waals surface area (Å²) in [5.41, 5.74) is 1.22. The molecule has 1 aromatic carbocycles. The second-order valence-corrected chi connectivity index (χ2v) is 4.14. The van der Waals surface area contributed by atoms with Crippen molar-refractivity contribution in [2.24, 2.45) is 0 Å². The summed E-state index contributed by atoms with van der Waals surface area (Å²) in [5, 5.41) is 0. The minimum atomic E-state index is 0.285. The Morgan fingerprint density at radius 2 is 2.07 bits per heavy atom. The smallest absolute Gasteiger partial charge is 0.143 e.